The normalized spacial score (nSPS) is 11.8. The largest absolute Gasteiger partial charge is 0.378 e. The highest BCUT2D eigenvalue weighted by atomic mass is 19.1. The molecule has 0 saturated heterocycles. The van der Waals surface area contributed by atoms with Crippen molar-refractivity contribution in [1.29, 1.82) is 0 Å². The summed E-state index contributed by atoms with van der Waals surface area (Å²) in [6.45, 7) is 1.59. The van der Waals surface area contributed by atoms with Crippen LogP contribution in [0.2, 0.25) is 0 Å². The molecule has 0 radical (unpaired) electrons. The lowest BCUT2D eigenvalue weighted by atomic mass is 10.2. The first kappa shape index (κ1) is 17.9. The van der Waals surface area contributed by atoms with Crippen LogP contribution in [0.3, 0.4) is 0 Å². The molecule has 2 rings (SSSR count). The van der Waals surface area contributed by atoms with E-state index in [1.54, 1.807) is 12.1 Å². The van der Waals surface area contributed by atoms with E-state index >= 15 is 0 Å². The van der Waals surface area contributed by atoms with E-state index in [2.05, 4.69) is 5.32 Å². The van der Waals surface area contributed by atoms with Gasteiger partial charge in [-0.1, -0.05) is 24.3 Å². The lowest BCUT2D eigenvalue weighted by Crippen LogP contribution is -3.08. The van der Waals surface area contributed by atoms with Crippen LogP contribution in [0.25, 0.3) is 0 Å². The summed E-state index contributed by atoms with van der Waals surface area (Å²) in [6.07, 6.45) is 0. The van der Waals surface area contributed by atoms with Crippen molar-refractivity contribution in [2.75, 3.05) is 32.6 Å². The van der Waals surface area contributed by atoms with E-state index in [1.807, 2.05) is 50.3 Å². The zero-order valence-corrected chi connectivity index (χ0v) is 14.5. The molecule has 5 heteroatoms. The third-order valence-corrected chi connectivity index (χ3v) is 3.82. The van der Waals surface area contributed by atoms with Crippen LogP contribution < -0.4 is 15.1 Å². The van der Waals surface area contributed by atoms with Crippen LogP contribution in [-0.4, -0.2) is 33.6 Å². The number of amides is 1. The lowest BCUT2D eigenvalue weighted by molar-refractivity contribution is -0.885. The number of benzene rings is 2. The average molecular weight is 330 g/mol. The Bertz CT molecular complexity index is 653. The molecule has 0 saturated carbocycles. The predicted octanol–water partition coefficient (Wildman–Crippen LogP) is 1.22. The molecular formula is C19H25FN3O+. The van der Waals surface area contributed by atoms with E-state index < -0.39 is 0 Å². The van der Waals surface area contributed by atoms with Crippen molar-refractivity contribution in [2.24, 2.45) is 0 Å². The highest BCUT2D eigenvalue weighted by molar-refractivity contribution is 5.76. The van der Waals surface area contributed by atoms with Gasteiger partial charge in [-0.3, -0.25) is 4.79 Å². The number of rotatable bonds is 7. The van der Waals surface area contributed by atoms with Crippen molar-refractivity contribution in [2.45, 2.75) is 13.1 Å². The summed E-state index contributed by atoms with van der Waals surface area (Å²) in [5, 5.41) is 2.94. The van der Waals surface area contributed by atoms with Gasteiger partial charge in [-0.05, 0) is 29.8 Å². The Kier molecular flexibility index (Phi) is 6.32. The number of nitrogens with one attached hydrogen (secondary N) is 2. The number of hydrogen-bond acceptors (Lipinski definition) is 2. The van der Waals surface area contributed by atoms with E-state index in [1.165, 1.54) is 12.1 Å². The molecule has 0 spiro atoms. The van der Waals surface area contributed by atoms with Gasteiger partial charge in [0.05, 0.1) is 7.05 Å². The summed E-state index contributed by atoms with van der Waals surface area (Å²) < 4.78 is 12.9. The van der Waals surface area contributed by atoms with E-state index in [4.69, 9.17) is 0 Å². The third-order valence-electron chi connectivity index (χ3n) is 3.82. The highest BCUT2D eigenvalue weighted by Crippen LogP contribution is 2.11. The van der Waals surface area contributed by atoms with Crippen molar-refractivity contribution in [3.8, 4) is 0 Å². The topological polar surface area (TPSA) is 36.8 Å². The molecule has 0 aliphatic carbocycles. The fourth-order valence-corrected chi connectivity index (χ4v) is 2.46. The van der Waals surface area contributed by atoms with Crippen LogP contribution in [0.15, 0.2) is 48.5 Å². The van der Waals surface area contributed by atoms with E-state index in [0.717, 1.165) is 21.7 Å². The Morgan fingerprint density at radius 2 is 1.62 bits per heavy atom. The molecule has 2 N–H and O–H groups in total. The maximum Gasteiger partial charge on any atom is 0.275 e. The van der Waals surface area contributed by atoms with Gasteiger partial charge in [0.2, 0.25) is 0 Å². The number of hydrogen-bond donors (Lipinski definition) is 2. The van der Waals surface area contributed by atoms with E-state index in [9.17, 15) is 9.18 Å². The summed E-state index contributed by atoms with van der Waals surface area (Å²) in [5.74, 6) is -0.235. The molecule has 2 aromatic rings. The minimum absolute atomic E-state index is 0.00583. The van der Waals surface area contributed by atoms with Crippen molar-refractivity contribution in [1.82, 2.24) is 5.32 Å². The number of likely N-dealkylation sites (N-methyl/N-ethyl adjacent to an activating group) is 1. The van der Waals surface area contributed by atoms with Crippen molar-refractivity contribution in [3.63, 3.8) is 0 Å². The molecule has 1 amide bonds. The van der Waals surface area contributed by atoms with Crippen LogP contribution in [0.4, 0.5) is 10.1 Å². The van der Waals surface area contributed by atoms with Crippen LogP contribution in [0.1, 0.15) is 11.1 Å². The molecule has 1 atom stereocenters. The first-order valence-corrected chi connectivity index (χ1v) is 8.03. The summed E-state index contributed by atoms with van der Waals surface area (Å²) in [6, 6.07) is 14.5. The Morgan fingerprint density at radius 3 is 2.21 bits per heavy atom. The third kappa shape index (κ3) is 5.66. The standard InChI is InChI=1S/C19H24FN3O/c1-22(2)18-10-6-15(7-11-18)12-21-19(24)14-23(3)13-16-4-8-17(20)9-5-16/h4-11H,12-14H2,1-3H3,(H,21,24)/p+1. The average Bonchev–Trinajstić information content (AvgIpc) is 2.55. The number of anilines is 1. The first-order valence-electron chi connectivity index (χ1n) is 8.03. The van der Waals surface area contributed by atoms with Crippen LogP contribution in [0, 0.1) is 5.82 Å². The van der Waals surface area contributed by atoms with E-state index in [0.29, 0.717) is 19.6 Å². The molecule has 0 fully saturated rings. The second-order valence-electron chi connectivity index (χ2n) is 6.27. The maximum atomic E-state index is 12.9. The minimum atomic E-state index is -0.241. The molecule has 128 valence electrons. The molecule has 0 aromatic heterocycles. The number of halogens is 1. The molecule has 24 heavy (non-hydrogen) atoms. The minimum Gasteiger partial charge on any atom is -0.378 e. The fraction of sp³-hybridized carbons (Fsp3) is 0.316. The van der Waals surface area contributed by atoms with Crippen molar-refractivity contribution >= 4 is 11.6 Å². The number of carbonyl (C=O) groups excluding carboxylic acids is 1. The van der Waals surface area contributed by atoms with Crippen LogP contribution in [0.5, 0.6) is 0 Å². The summed E-state index contributed by atoms with van der Waals surface area (Å²) in [7, 11) is 5.95. The predicted molar refractivity (Wildman–Crippen MR) is 94.5 cm³/mol. The molecule has 0 bridgehead atoms. The van der Waals surface area contributed by atoms with Gasteiger partial charge >= 0.3 is 0 Å². The quantitative estimate of drug-likeness (QED) is 0.801. The summed E-state index contributed by atoms with van der Waals surface area (Å²) >= 11 is 0. The Labute approximate surface area is 142 Å². The number of quaternary nitrogens is 1. The van der Waals surface area contributed by atoms with Gasteiger partial charge < -0.3 is 15.1 Å². The van der Waals surface area contributed by atoms with Crippen LogP contribution >= 0.6 is 0 Å². The van der Waals surface area contributed by atoms with Gasteiger partial charge in [-0.15, -0.1) is 0 Å². The zero-order chi connectivity index (χ0) is 17.5. The number of nitrogens with zero attached hydrogens (tertiary/aromatic N) is 1. The van der Waals surface area contributed by atoms with Gasteiger partial charge in [0.25, 0.3) is 5.91 Å². The summed E-state index contributed by atoms with van der Waals surface area (Å²) in [4.78, 5) is 15.1. The van der Waals surface area contributed by atoms with E-state index in [-0.39, 0.29) is 11.7 Å². The van der Waals surface area contributed by atoms with Gasteiger partial charge in [0, 0.05) is 31.9 Å². The monoisotopic (exact) mass is 330 g/mol. The molecule has 4 nitrogen and oxygen atoms in total. The zero-order valence-electron chi connectivity index (χ0n) is 14.5. The van der Waals surface area contributed by atoms with Gasteiger partial charge in [-0.2, -0.15) is 0 Å². The molecular weight excluding hydrogens is 305 g/mol. The summed E-state index contributed by atoms with van der Waals surface area (Å²) in [5.41, 5.74) is 3.22. The highest BCUT2D eigenvalue weighted by Gasteiger charge is 2.10. The van der Waals surface area contributed by atoms with Gasteiger partial charge in [-0.25, -0.2) is 4.39 Å². The fourth-order valence-electron chi connectivity index (χ4n) is 2.46. The van der Waals surface area contributed by atoms with Crippen molar-refractivity contribution in [3.05, 3.63) is 65.5 Å². The van der Waals surface area contributed by atoms with Crippen LogP contribution in [-0.2, 0) is 17.9 Å². The molecule has 0 aliphatic heterocycles. The van der Waals surface area contributed by atoms with Crippen molar-refractivity contribution < 1.29 is 14.1 Å². The Morgan fingerprint density at radius 1 is 1.04 bits per heavy atom. The Hall–Kier alpha value is -2.40. The maximum absolute atomic E-state index is 12.9. The number of carbonyl (C=O) groups is 1. The molecule has 2 aromatic carbocycles. The SMILES string of the molecule is CN(C)c1ccc(CNC(=O)C[NH+](C)Cc2ccc(F)cc2)cc1. The first-order chi connectivity index (χ1) is 11.4. The lowest BCUT2D eigenvalue weighted by Gasteiger charge is -2.15. The Balaban J connectivity index is 1.76. The van der Waals surface area contributed by atoms with Gasteiger partial charge in [0.1, 0.15) is 12.4 Å². The van der Waals surface area contributed by atoms with Gasteiger partial charge in [0.15, 0.2) is 6.54 Å². The second-order valence-corrected chi connectivity index (χ2v) is 6.27. The molecule has 1 unspecified atom stereocenters. The molecule has 0 aliphatic rings. The smallest absolute Gasteiger partial charge is 0.275 e. The molecule has 0 heterocycles. The second kappa shape index (κ2) is 8.45.